The van der Waals surface area contributed by atoms with E-state index in [0.717, 1.165) is 18.2 Å². The number of nitro benzene ring substituents is 1. The lowest BCUT2D eigenvalue weighted by Gasteiger charge is -2.29. The Bertz CT molecular complexity index is 479. The van der Waals surface area contributed by atoms with Crippen molar-refractivity contribution >= 4 is 27.5 Å². The molecule has 1 N–H and O–H groups in total. The molecule has 104 valence electrons. The van der Waals surface area contributed by atoms with E-state index >= 15 is 0 Å². The molecule has 1 amide bonds. The van der Waals surface area contributed by atoms with Crippen molar-refractivity contribution < 1.29 is 9.72 Å². The topological polar surface area (TPSA) is 72.2 Å². The SMILES string of the molecule is CCC(C)(CCBr)NC(=O)c1cccc([N+](=O)[O-])c1. The number of hydrogen-bond donors (Lipinski definition) is 1. The third-order valence-electron chi connectivity index (χ3n) is 3.16. The van der Waals surface area contributed by atoms with Gasteiger partial charge in [0.15, 0.2) is 0 Å². The van der Waals surface area contributed by atoms with E-state index in [9.17, 15) is 14.9 Å². The van der Waals surface area contributed by atoms with Gasteiger partial charge >= 0.3 is 0 Å². The zero-order chi connectivity index (χ0) is 14.5. The van der Waals surface area contributed by atoms with E-state index in [4.69, 9.17) is 0 Å². The van der Waals surface area contributed by atoms with E-state index in [1.807, 2.05) is 13.8 Å². The zero-order valence-electron chi connectivity index (χ0n) is 11.0. The number of alkyl halides is 1. The molecule has 0 fully saturated rings. The van der Waals surface area contributed by atoms with Gasteiger partial charge in [-0.3, -0.25) is 14.9 Å². The van der Waals surface area contributed by atoms with Gasteiger partial charge < -0.3 is 5.32 Å². The van der Waals surface area contributed by atoms with Crippen molar-refractivity contribution in [3.63, 3.8) is 0 Å². The Morgan fingerprint density at radius 1 is 1.53 bits per heavy atom. The fraction of sp³-hybridized carbons (Fsp3) is 0.462. The number of carbonyl (C=O) groups excluding carboxylic acids is 1. The van der Waals surface area contributed by atoms with Crippen LogP contribution in [-0.4, -0.2) is 21.7 Å². The fourth-order valence-corrected chi connectivity index (χ4v) is 2.52. The molecule has 1 rings (SSSR count). The van der Waals surface area contributed by atoms with Gasteiger partial charge in [0.25, 0.3) is 11.6 Å². The highest BCUT2D eigenvalue weighted by Crippen LogP contribution is 2.18. The lowest BCUT2D eigenvalue weighted by atomic mass is 9.95. The van der Waals surface area contributed by atoms with Gasteiger partial charge in [0, 0.05) is 28.6 Å². The maximum atomic E-state index is 12.1. The molecule has 19 heavy (non-hydrogen) atoms. The van der Waals surface area contributed by atoms with Gasteiger partial charge in [0.05, 0.1) is 4.92 Å². The van der Waals surface area contributed by atoms with Crippen LogP contribution >= 0.6 is 15.9 Å². The van der Waals surface area contributed by atoms with Gasteiger partial charge in [-0.1, -0.05) is 28.9 Å². The van der Waals surface area contributed by atoms with Gasteiger partial charge in [-0.2, -0.15) is 0 Å². The van der Waals surface area contributed by atoms with Crippen LogP contribution in [0.4, 0.5) is 5.69 Å². The molecule has 0 spiro atoms. The molecule has 5 nitrogen and oxygen atoms in total. The van der Waals surface area contributed by atoms with Gasteiger partial charge in [0.2, 0.25) is 0 Å². The summed E-state index contributed by atoms with van der Waals surface area (Å²) >= 11 is 3.36. The first-order valence-electron chi connectivity index (χ1n) is 6.05. The molecule has 0 bridgehead atoms. The predicted molar refractivity (Wildman–Crippen MR) is 77.7 cm³/mol. The number of non-ortho nitro benzene ring substituents is 1. The summed E-state index contributed by atoms with van der Waals surface area (Å²) in [7, 11) is 0. The number of amides is 1. The minimum Gasteiger partial charge on any atom is -0.347 e. The van der Waals surface area contributed by atoms with Crippen molar-refractivity contribution in [3.05, 3.63) is 39.9 Å². The highest BCUT2D eigenvalue weighted by Gasteiger charge is 2.24. The molecular weight excluding hydrogens is 312 g/mol. The molecule has 0 aliphatic carbocycles. The van der Waals surface area contributed by atoms with Crippen LogP contribution in [0.3, 0.4) is 0 Å². The Hall–Kier alpha value is -1.43. The van der Waals surface area contributed by atoms with Crippen LogP contribution in [0.15, 0.2) is 24.3 Å². The Morgan fingerprint density at radius 3 is 2.74 bits per heavy atom. The summed E-state index contributed by atoms with van der Waals surface area (Å²) in [6.07, 6.45) is 1.59. The second-order valence-electron chi connectivity index (χ2n) is 4.61. The molecule has 0 heterocycles. The average Bonchev–Trinajstić information content (AvgIpc) is 2.39. The Morgan fingerprint density at radius 2 is 2.21 bits per heavy atom. The Kier molecular flexibility index (Phi) is 5.47. The van der Waals surface area contributed by atoms with Crippen LogP contribution in [0.2, 0.25) is 0 Å². The predicted octanol–water partition coefficient (Wildman–Crippen LogP) is 3.28. The normalized spacial score (nSPS) is 13.6. The van der Waals surface area contributed by atoms with E-state index in [2.05, 4.69) is 21.2 Å². The molecule has 0 saturated heterocycles. The Labute approximate surface area is 120 Å². The second-order valence-corrected chi connectivity index (χ2v) is 5.41. The Balaban J connectivity index is 2.88. The van der Waals surface area contributed by atoms with Crippen LogP contribution in [0.25, 0.3) is 0 Å². The number of hydrogen-bond acceptors (Lipinski definition) is 3. The van der Waals surface area contributed by atoms with Crippen LogP contribution in [0.1, 0.15) is 37.0 Å². The van der Waals surface area contributed by atoms with Gasteiger partial charge in [0.1, 0.15) is 0 Å². The van der Waals surface area contributed by atoms with Crippen molar-refractivity contribution in [2.45, 2.75) is 32.2 Å². The molecule has 6 heteroatoms. The zero-order valence-corrected chi connectivity index (χ0v) is 12.6. The van der Waals surface area contributed by atoms with E-state index in [0.29, 0.717) is 5.56 Å². The fourth-order valence-electron chi connectivity index (χ4n) is 1.64. The quantitative estimate of drug-likeness (QED) is 0.494. The maximum Gasteiger partial charge on any atom is 0.270 e. The molecule has 0 aliphatic heterocycles. The van der Waals surface area contributed by atoms with Crippen molar-refractivity contribution in [2.24, 2.45) is 0 Å². The smallest absolute Gasteiger partial charge is 0.270 e. The first kappa shape index (κ1) is 15.6. The van der Waals surface area contributed by atoms with Gasteiger partial charge in [-0.05, 0) is 25.8 Å². The molecule has 0 aromatic heterocycles. The molecule has 0 aliphatic rings. The first-order chi connectivity index (χ1) is 8.91. The molecule has 1 aromatic carbocycles. The molecular formula is C13H17BrN2O3. The van der Waals surface area contributed by atoms with Gasteiger partial charge in [-0.15, -0.1) is 0 Å². The van der Waals surface area contributed by atoms with Crippen molar-refractivity contribution in [2.75, 3.05) is 5.33 Å². The summed E-state index contributed by atoms with van der Waals surface area (Å²) in [5.74, 6) is -0.283. The number of benzene rings is 1. The van der Waals surface area contributed by atoms with Crippen LogP contribution in [0, 0.1) is 10.1 Å². The van der Waals surface area contributed by atoms with E-state index in [-0.39, 0.29) is 17.1 Å². The highest BCUT2D eigenvalue weighted by molar-refractivity contribution is 9.09. The van der Waals surface area contributed by atoms with E-state index in [1.54, 1.807) is 6.07 Å². The summed E-state index contributed by atoms with van der Waals surface area (Å²) in [5.41, 5.74) is -0.0830. The summed E-state index contributed by atoms with van der Waals surface area (Å²) in [5, 5.41) is 14.4. The summed E-state index contributed by atoms with van der Waals surface area (Å²) in [6.45, 7) is 3.96. The summed E-state index contributed by atoms with van der Waals surface area (Å²) in [6, 6.07) is 5.75. The maximum absolute atomic E-state index is 12.1. The monoisotopic (exact) mass is 328 g/mol. The van der Waals surface area contributed by atoms with E-state index < -0.39 is 4.92 Å². The van der Waals surface area contributed by atoms with Crippen LogP contribution < -0.4 is 5.32 Å². The molecule has 1 unspecified atom stereocenters. The molecule has 0 saturated carbocycles. The lowest BCUT2D eigenvalue weighted by molar-refractivity contribution is -0.384. The number of halogens is 1. The molecule has 1 atom stereocenters. The standard InChI is InChI=1S/C13H17BrN2O3/c1-3-13(2,7-8-14)15-12(17)10-5-4-6-11(9-10)16(18)19/h4-6,9H,3,7-8H2,1-2H3,(H,15,17). The first-order valence-corrected chi connectivity index (χ1v) is 7.17. The van der Waals surface area contributed by atoms with Crippen molar-refractivity contribution in [1.82, 2.24) is 5.32 Å². The number of nitro groups is 1. The average molecular weight is 329 g/mol. The molecule has 0 radical (unpaired) electrons. The third-order valence-corrected chi connectivity index (χ3v) is 3.56. The minimum absolute atomic E-state index is 0.0775. The highest BCUT2D eigenvalue weighted by atomic mass is 79.9. The largest absolute Gasteiger partial charge is 0.347 e. The van der Waals surface area contributed by atoms with Crippen molar-refractivity contribution in [1.29, 1.82) is 0 Å². The van der Waals surface area contributed by atoms with Gasteiger partial charge in [-0.25, -0.2) is 0 Å². The second kappa shape index (κ2) is 6.65. The number of nitrogens with one attached hydrogen (secondary N) is 1. The number of carbonyl (C=O) groups is 1. The minimum atomic E-state index is -0.506. The van der Waals surface area contributed by atoms with Crippen LogP contribution in [0.5, 0.6) is 0 Å². The van der Waals surface area contributed by atoms with E-state index in [1.165, 1.54) is 18.2 Å². The summed E-state index contributed by atoms with van der Waals surface area (Å²) < 4.78 is 0. The van der Waals surface area contributed by atoms with Crippen LogP contribution in [-0.2, 0) is 0 Å². The third kappa shape index (κ3) is 4.31. The summed E-state index contributed by atoms with van der Waals surface area (Å²) in [4.78, 5) is 22.3. The number of rotatable bonds is 6. The molecule has 1 aromatic rings. The number of nitrogens with zero attached hydrogens (tertiary/aromatic N) is 1. The van der Waals surface area contributed by atoms with Crippen molar-refractivity contribution in [3.8, 4) is 0 Å². The lowest BCUT2D eigenvalue weighted by Crippen LogP contribution is -2.45.